The van der Waals surface area contributed by atoms with Crippen molar-refractivity contribution in [1.29, 1.82) is 0 Å². The van der Waals surface area contributed by atoms with Gasteiger partial charge in [-0.2, -0.15) is 0 Å². The van der Waals surface area contributed by atoms with Gasteiger partial charge in [-0.05, 0) is 68.1 Å². The Hall–Kier alpha value is -2.32. The molecule has 3 aromatic rings. The zero-order chi connectivity index (χ0) is 17.1. The average Bonchev–Trinajstić information content (AvgIpc) is 3.23. The maximum absolute atomic E-state index is 3.44. The number of nitrogens with zero attached hydrogens (tertiary/aromatic N) is 1. The summed E-state index contributed by atoms with van der Waals surface area (Å²) in [6.07, 6.45) is 11.5. The molecule has 4 rings (SSSR count). The molecule has 25 heavy (non-hydrogen) atoms. The second-order valence-electron chi connectivity index (χ2n) is 7.19. The van der Waals surface area contributed by atoms with Crippen molar-refractivity contribution in [2.45, 2.75) is 31.7 Å². The molecule has 128 valence electrons. The van der Waals surface area contributed by atoms with Crippen molar-refractivity contribution >= 4 is 17.0 Å². The van der Waals surface area contributed by atoms with Gasteiger partial charge in [0.05, 0.1) is 0 Å². The highest BCUT2D eigenvalue weighted by Crippen LogP contribution is 2.26. The SMILES string of the molecule is CN1CCC[C@@H]1Cc1c[nH]c2ccc(/C=C/Cc3ccccc3)cc12. The zero-order valence-electron chi connectivity index (χ0n) is 14.9. The molecule has 2 aromatic carbocycles. The number of nitrogens with one attached hydrogen (secondary N) is 1. The lowest BCUT2D eigenvalue weighted by molar-refractivity contribution is 0.310. The molecule has 1 aliphatic rings. The molecule has 1 N–H and O–H groups in total. The first-order chi connectivity index (χ1) is 12.3. The van der Waals surface area contributed by atoms with Gasteiger partial charge >= 0.3 is 0 Å². The van der Waals surface area contributed by atoms with Crippen molar-refractivity contribution in [2.24, 2.45) is 0 Å². The topological polar surface area (TPSA) is 19.0 Å². The molecule has 0 aliphatic carbocycles. The van der Waals surface area contributed by atoms with E-state index in [9.17, 15) is 0 Å². The summed E-state index contributed by atoms with van der Waals surface area (Å²) in [6.45, 7) is 1.24. The number of fused-ring (bicyclic) bond motifs is 1. The summed E-state index contributed by atoms with van der Waals surface area (Å²) >= 11 is 0. The van der Waals surface area contributed by atoms with Crippen molar-refractivity contribution in [3.8, 4) is 0 Å². The van der Waals surface area contributed by atoms with Crippen LogP contribution >= 0.6 is 0 Å². The van der Waals surface area contributed by atoms with Crippen molar-refractivity contribution in [3.05, 3.63) is 77.5 Å². The van der Waals surface area contributed by atoms with Gasteiger partial charge < -0.3 is 9.88 Å². The summed E-state index contributed by atoms with van der Waals surface area (Å²) in [5, 5.41) is 1.38. The van der Waals surface area contributed by atoms with E-state index in [0.29, 0.717) is 6.04 Å². The van der Waals surface area contributed by atoms with E-state index in [-0.39, 0.29) is 0 Å². The Bertz CT molecular complexity index is 860. The van der Waals surface area contributed by atoms with E-state index in [2.05, 4.69) is 83.8 Å². The minimum Gasteiger partial charge on any atom is -0.361 e. The number of H-pyrrole nitrogens is 1. The lowest BCUT2D eigenvalue weighted by Gasteiger charge is -2.18. The van der Waals surface area contributed by atoms with Crippen LogP contribution in [0.2, 0.25) is 0 Å². The standard InChI is InChI=1S/C23H26N2/c1-25-14-6-11-21(25)16-20-17-24-23-13-12-19(15-22(20)23)10-5-9-18-7-3-2-4-8-18/h2-5,7-8,10,12-13,15,17,21,24H,6,9,11,14,16H2,1H3/b10-5+/t21-/m1/s1. The molecule has 1 fully saturated rings. The normalized spacial score (nSPS) is 18.5. The molecule has 0 bridgehead atoms. The molecule has 1 saturated heterocycles. The number of benzene rings is 2. The lowest BCUT2D eigenvalue weighted by atomic mass is 10.0. The Morgan fingerprint density at radius 2 is 2.04 bits per heavy atom. The van der Waals surface area contributed by atoms with Crippen LogP contribution in [0.4, 0.5) is 0 Å². The van der Waals surface area contributed by atoms with Crippen LogP contribution < -0.4 is 0 Å². The van der Waals surface area contributed by atoms with Crippen LogP contribution in [0.3, 0.4) is 0 Å². The number of rotatable bonds is 5. The maximum atomic E-state index is 3.44. The minimum absolute atomic E-state index is 0.691. The first kappa shape index (κ1) is 16.2. The Morgan fingerprint density at radius 1 is 1.16 bits per heavy atom. The third-order valence-corrected chi connectivity index (χ3v) is 5.43. The van der Waals surface area contributed by atoms with Crippen LogP contribution in [0.25, 0.3) is 17.0 Å². The van der Waals surface area contributed by atoms with Gasteiger partial charge in [-0.3, -0.25) is 0 Å². The molecule has 0 radical (unpaired) electrons. The number of hydrogen-bond acceptors (Lipinski definition) is 1. The number of likely N-dealkylation sites (N-methyl/N-ethyl adjacent to an activating group) is 1. The molecule has 0 amide bonds. The van der Waals surface area contributed by atoms with E-state index in [1.54, 1.807) is 0 Å². The quantitative estimate of drug-likeness (QED) is 0.693. The van der Waals surface area contributed by atoms with Crippen LogP contribution in [-0.4, -0.2) is 29.5 Å². The summed E-state index contributed by atoms with van der Waals surface area (Å²) in [4.78, 5) is 5.95. The molecule has 1 aliphatic heterocycles. The molecular weight excluding hydrogens is 304 g/mol. The van der Waals surface area contributed by atoms with Crippen molar-refractivity contribution in [2.75, 3.05) is 13.6 Å². The Kier molecular flexibility index (Phi) is 4.71. The second-order valence-corrected chi connectivity index (χ2v) is 7.19. The number of allylic oxidation sites excluding steroid dienone is 1. The molecule has 2 heteroatoms. The van der Waals surface area contributed by atoms with Gasteiger partial charge in [0.25, 0.3) is 0 Å². The predicted octanol–water partition coefficient (Wildman–Crippen LogP) is 5.06. The largest absolute Gasteiger partial charge is 0.361 e. The summed E-state index contributed by atoms with van der Waals surface area (Å²) in [7, 11) is 2.25. The monoisotopic (exact) mass is 330 g/mol. The highest BCUT2D eigenvalue weighted by atomic mass is 15.1. The van der Waals surface area contributed by atoms with Crippen molar-refractivity contribution < 1.29 is 0 Å². The van der Waals surface area contributed by atoms with E-state index in [0.717, 1.165) is 12.8 Å². The van der Waals surface area contributed by atoms with E-state index in [1.807, 2.05) is 0 Å². The van der Waals surface area contributed by atoms with E-state index < -0.39 is 0 Å². The van der Waals surface area contributed by atoms with E-state index in [1.165, 1.54) is 47.0 Å². The fourth-order valence-corrected chi connectivity index (χ4v) is 3.90. The van der Waals surface area contributed by atoms with Gasteiger partial charge in [0.2, 0.25) is 0 Å². The summed E-state index contributed by atoms with van der Waals surface area (Å²) in [5.41, 5.74) is 5.33. The Labute approximate surface area is 150 Å². The van der Waals surface area contributed by atoms with Gasteiger partial charge in [0, 0.05) is 23.1 Å². The van der Waals surface area contributed by atoms with Gasteiger partial charge in [-0.1, -0.05) is 48.6 Å². The maximum Gasteiger partial charge on any atom is 0.0457 e. The number of hydrogen-bond donors (Lipinski definition) is 1. The summed E-state index contributed by atoms with van der Waals surface area (Å²) in [6, 6.07) is 18.0. The van der Waals surface area contributed by atoms with Gasteiger partial charge in [0.1, 0.15) is 0 Å². The number of likely N-dealkylation sites (tertiary alicyclic amines) is 1. The zero-order valence-corrected chi connectivity index (χ0v) is 14.9. The Balaban J connectivity index is 1.51. The fourth-order valence-electron chi connectivity index (χ4n) is 3.90. The predicted molar refractivity (Wildman–Crippen MR) is 107 cm³/mol. The highest BCUT2D eigenvalue weighted by Gasteiger charge is 2.22. The second kappa shape index (κ2) is 7.28. The molecule has 0 unspecified atom stereocenters. The van der Waals surface area contributed by atoms with Crippen molar-refractivity contribution in [3.63, 3.8) is 0 Å². The van der Waals surface area contributed by atoms with Gasteiger partial charge in [-0.25, -0.2) is 0 Å². The third-order valence-electron chi connectivity index (χ3n) is 5.43. The smallest absolute Gasteiger partial charge is 0.0457 e. The van der Waals surface area contributed by atoms with Crippen molar-refractivity contribution in [1.82, 2.24) is 9.88 Å². The summed E-state index contributed by atoms with van der Waals surface area (Å²) < 4.78 is 0. The van der Waals surface area contributed by atoms with Crippen LogP contribution in [-0.2, 0) is 12.8 Å². The van der Waals surface area contributed by atoms with E-state index in [4.69, 9.17) is 0 Å². The first-order valence-corrected chi connectivity index (χ1v) is 9.30. The molecule has 0 saturated carbocycles. The minimum atomic E-state index is 0.691. The molecule has 0 spiro atoms. The fraction of sp³-hybridized carbons (Fsp3) is 0.304. The van der Waals surface area contributed by atoms with Gasteiger partial charge in [-0.15, -0.1) is 0 Å². The molecule has 1 aromatic heterocycles. The molecule has 2 nitrogen and oxygen atoms in total. The van der Waals surface area contributed by atoms with Crippen LogP contribution in [0.15, 0.2) is 60.8 Å². The van der Waals surface area contributed by atoms with E-state index >= 15 is 0 Å². The van der Waals surface area contributed by atoms with Crippen LogP contribution in [0, 0.1) is 0 Å². The number of aromatic nitrogens is 1. The van der Waals surface area contributed by atoms with Gasteiger partial charge in [0.15, 0.2) is 0 Å². The first-order valence-electron chi connectivity index (χ1n) is 9.30. The Morgan fingerprint density at radius 3 is 2.84 bits per heavy atom. The summed E-state index contributed by atoms with van der Waals surface area (Å²) in [5.74, 6) is 0. The third kappa shape index (κ3) is 3.69. The highest BCUT2D eigenvalue weighted by molar-refractivity contribution is 5.85. The average molecular weight is 330 g/mol. The molecular formula is C23H26N2. The molecule has 1 atom stereocenters. The number of aromatic amines is 1. The van der Waals surface area contributed by atoms with Crippen LogP contribution in [0.1, 0.15) is 29.5 Å². The lowest BCUT2D eigenvalue weighted by Crippen LogP contribution is -2.26. The molecule has 2 heterocycles. The van der Waals surface area contributed by atoms with Crippen LogP contribution in [0.5, 0.6) is 0 Å².